The molecule has 43 heavy (non-hydrogen) atoms. The molecule has 5 rings (SSSR count). The number of hydrogen-bond donors (Lipinski definition) is 2. The Labute approximate surface area is 257 Å². The summed E-state index contributed by atoms with van der Waals surface area (Å²) in [6.45, 7) is 12.5. The lowest BCUT2D eigenvalue weighted by molar-refractivity contribution is -0.119. The third-order valence-corrected chi connectivity index (χ3v) is 8.87. The second kappa shape index (κ2) is 12.4. The van der Waals surface area contributed by atoms with Gasteiger partial charge in [-0.25, -0.2) is 4.98 Å². The van der Waals surface area contributed by atoms with Crippen molar-refractivity contribution in [1.29, 1.82) is 0 Å². The monoisotopic (exact) mass is 603 g/mol. The van der Waals surface area contributed by atoms with E-state index >= 15 is 0 Å². The van der Waals surface area contributed by atoms with E-state index in [4.69, 9.17) is 25.8 Å². The number of anilines is 1. The summed E-state index contributed by atoms with van der Waals surface area (Å²) in [6, 6.07) is 5.55. The molecule has 2 N–H and O–H groups in total. The summed E-state index contributed by atoms with van der Waals surface area (Å²) in [5.41, 5.74) is 1.02. The maximum absolute atomic E-state index is 13.9. The SMILES string of the molecule is CC#CC#CC1(C(=O)Nc2ccc(O/C=C/OCC)c(CC(C)c3nc4c(Cl)c(C)[nH]n4n3)c2)OC12CCC(C)CC2C. The number of nitrogens with zero attached hydrogens (tertiary/aromatic N) is 3. The molecule has 226 valence electrons. The largest absolute Gasteiger partial charge is 0.498 e. The van der Waals surface area contributed by atoms with Gasteiger partial charge in [-0.1, -0.05) is 38.3 Å². The highest BCUT2D eigenvalue weighted by Gasteiger charge is 2.76. The van der Waals surface area contributed by atoms with Crippen LogP contribution in [-0.2, 0) is 20.7 Å². The van der Waals surface area contributed by atoms with Crippen LogP contribution < -0.4 is 10.1 Å². The molecule has 1 spiro atoms. The Morgan fingerprint density at radius 2 is 2.16 bits per heavy atom. The summed E-state index contributed by atoms with van der Waals surface area (Å²) in [4.78, 5) is 18.6. The molecule has 1 aliphatic heterocycles. The molecule has 10 heteroatoms. The van der Waals surface area contributed by atoms with Gasteiger partial charge in [-0.3, -0.25) is 9.89 Å². The summed E-state index contributed by atoms with van der Waals surface area (Å²) < 4.78 is 19.1. The van der Waals surface area contributed by atoms with Crippen molar-refractivity contribution in [3.05, 3.63) is 52.8 Å². The van der Waals surface area contributed by atoms with Crippen LogP contribution in [-0.4, -0.2) is 43.5 Å². The molecule has 5 unspecified atom stereocenters. The lowest BCUT2D eigenvalue weighted by atomic mass is 9.69. The molecular formula is C33H38ClN5O4. The van der Waals surface area contributed by atoms with E-state index in [9.17, 15) is 4.79 Å². The summed E-state index contributed by atoms with van der Waals surface area (Å²) in [7, 11) is 0. The number of amides is 1. The van der Waals surface area contributed by atoms with Crippen LogP contribution in [0, 0.1) is 42.4 Å². The van der Waals surface area contributed by atoms with Gasteiger partial charge in [0.2, 0.25) is 5.60 Å². The molecule has 2 fully saturated rings. The van der Waals surface area contributed by atoms with Crippen molar-refractivity contribution in [2.45, 2.75) is 84.3 Å². The van der Waals surface area contributed by atoms with Gasteiger partial charge >= 0.3 is 0 Å². The molecular weight excluding hydrogens is 566 g/mol. The Bertz CT molecular complexity index is 1670. The minimum absolute atomic E-state index is 0.0845. The van der Waals surface area contributed by atoms with Crippen molar-refractivity contribution in [2.24, 2.45) is 11.8 Å². The van der Waals surface area contributed by atoms with Crippen LogP contribution in [0.25, 0.3) is 5.65 Å². The Kier molecular flexibility index (Phi) is 8.78. The van der Waals surface area contributed by atoms with E-state index < -0.39 is 11.2 Å². The van der Waals surface area contributed by atoms with Crippen LogP contribution in [0.2, 0.25) is 5.02 Å². The number of fused-ring (bicyclic) bond motifs is 1. The predicted molar refractivity (Wildman–Crippen MR) is 166 cm³/mol. The molecule has 2 aromatic heterocycles. The standard InChI is InChI=1S/C33H38ClN5O4/c1-7-9-10-14-33(32(43-33)15-13-21(3)18-23(32)5)31(40)35-26-11-12-27(42-17-16-41-8-2)25(20-26)19-22(4)29-36-30-28(34)24(6)37-39(30)38-29/h11-12,16-17,20-23,37H,8,13,15,18-19H2,1-6H3,(H,35,40)/b17-16+. The van der Waals surface area contributed by atoms with Gasteiger partial charge in [-0.15, -0.1) is 5.10 Å². The smallest absolute Gasteiger partial charge is 0.272 e. The van der Waals surface area contributed by atoms with Crippen molar-refractivity contribution in [1.82, 2.24) is 19.8 Å². The van der Waals surface area contributed by atoms with Crippen molar-refractivity contribution >= 4 is 28.8 Å². The third kappa shape index (κ3) is 5.85. The molecule has 9 nitrogen and oxygen atoms in total. The zero-order valence-electron chi connectivity index (χ0n) is 25.5. The van der Waals surface area contributed by atoms with Gasteiger partial charge in [-0.2, -0.15) is 4.63 Å². The quantitative estimate of drug-likeness (QED) is 0.172. The number of halogens is 1. The van der Waals surface area contributed by atoms with Gasteiger partial charge in [0.05, 0.1) is 12.3 Å². The lowest BCUT2D eigenvalue weighted by Crippen LogP contribution is -2.43. The van der Waals surface area contributed by atoms with Crippen LogP contribution in [0.4, 0.5) is 5.69 Å². The number of carbonyl (C=O) groups excluding carboxylic acids is 1. The number of epoxide rings is 1. The first-order chi connectivity index (χ1) is 20.6. The number of aromatic nitrogens is 4. The Hall–Kier alpha value is -3.92. The first kappa shape index (κ1) is 30.5. The van der Waals surface area contributed by atoms with E-state index in [0.29, 0.717) is 46.9 Å². The van der Waals surface area contributed by atoms with Gasteiger partial charge in [0.25, 0.3) is 5.91 Å². The van der Waals surface area contributed by atoms with Crippen molar-refractivity contribution < 1.29 is 19.0 Å². The van der Waals surface area contributed by atoms with E-state index in [1.165, 1.54) is 12.5 Å². The fourth-order valence-electron chi connectivity index (χ4n) is 6.09. The Morgan fingerprint density at radius 3 is 2.88 bits per heavy atom. The van der Waals surface area contributed by atoms with E-state index in [1.807, 2.05) is 39.0 Å². The maximum atomic E-state index is 13.9. The fraction of sp³-hybridized carbons (Fsp3) is 0.485. The number of aromatic amines is 1. The van der Waals surface area contributed by atoms with Crippen LogP contribution in [0.3, 0.4) is 0 Å². The third-order valence-electron chi connectivity index (χ3n) is 8.42. The average molecular weight is 604 g/mol. The van der Waals surface area contributed by atoms with Crippen LogP contribution in [0.5, 0.6) is 5.75 Å². The summed E-state index contributed by atoms with van der Waals surface area (Å²) >= 11 is 6.39. The molecule has 1 aliphatic carbocycles. The first-order valence-electron chi connectivity index (χ1n) is 14.8. The number of nitrogens with one attached hydrogen (secondary N) is 2. The van der Waals surface area contributed by atoms with Gasteiger partial charge in [-0.05, 0) is 99.8 Å². The van der Waals surface area contributed by atoms with E-state index in [1.54, 1.807) is 11.6 Å². The normalized spacial score (nSPS) is 25.1. The van der Waals surface area contributed by atoms with Crippen LogP contribution in [0.15, 0.2) is 30.7 Å². The number of hydrogen-bond acceptors (Lipinski definition) is 6. The lowest BCUT2D eigenvalue weighted by Gasteiger charge is -2.31. The Balaban J connectivity index is 1.42. The number of ether oxygens (including phenoxy) is 3. The fourth-order valence-corrected chi connectivity index (χ4v) is 6.26. The molecule has 3 aromatic rings. The molecule has 0 bridgehead atoms. The minimum atomic E-state index is -1.24. The first-order valence-corrected chi connectivity index (χ1v) is 15.1. The van der Waals surface area contributed by atoms with Gasteiger partial charge < -0.3 is 19.5 Å². The number of aryl methyl sites for hydroxylation is 1. The Morgan fingerprint density at radius 1 is 1.35 bits per heavy atom. The summed E-state index contributed by atoms with van der Waals surface area (Å²) in [6.07, 6.45) is 6.31. The topological polar surface area (TPSA) is 106 Å². The molecule has 1 aromatic carbocycles. The highest BCUT2D eigenvalue weighted by molar-refractivity contribution is 6.34. The predicted octanol–water partition coefficient (Wildman–Crippen LogP) is 6.18. The van der Waals surface area contributed by atoms with Crippen LogP contribution >= 0.6 is 11.6 Å². The average Bonchev–Trinajstić information content (AvgIpc) is 3.31. The molecule has 1 amide bonds. The minimum Gasteiger partial charge on any atom is -0.498 e. The van der Waals surface area contributed by atoms with Crippen molar-refractivity contribution in [3.63, 3.8) is 0 Å². The van der Waals surface area contributed by atoms with E-state index in [2.05, 4.69) is 58.0 Å². The maximum Gasteiger partial charge on any atom is 0.272 e. The number of benzene rings is 1. The summed E-state index contributed by atoms with van der Waals surface area (Å²) in [5.74, 6) is 13.2. The molecule has 1 saturated carbocycles. The zero-order chi connectivity index (χ0) is 30.8. The number of rotatable bonds is 9. The molecule has 3 heterocycles. The molecule has 2 aliphatic rings. The van der Waals surface area contributed by atoms with Crippen molar-refractivity contribution in [2.75, 3.05) is 11.9 Å². The van der Waals surface area contributed by atoms with Crippen LogP contribution in [0.1, 0.15) is 76.9 Å². The van der Waals surface area contributed by atoms with Gasteiger partial charge in [0.1, 0.15) is 28.9 Å². The van der Waals surface area contributed by atoms with Crippen molar-refractivity contribution in [3.8, 4) is 29.4 Å². The van der Waals surface area contributed by atoms with Gasteiger partial charge in [0, 0.05) is 11.6 Å². The second-order valence-electron chi connectivity index (χ2n) is 11.6. The second-order valence-corrected chi connectivity index (χ2v) is 11.9. The number of carbonyl (C=O) groups is 1. The molecule has 5 atom stereocenters. The summed E-state index contributed by atoms with van der Waals surface area (Å²) in [5, 5.41) is 11.3. The van der Waals surface area contributed by atoms with E-state index in [-0.39, 0.29) is 17.7 Å². The highest BCUT2D eigenvalue weighted by atomic mass is 35.5. The number of H-pyrrole nitrogens is 1. The molecule has 1 saturated heterocycles. The molecule has 0 radical (unpaired) electrons. The zero-order valence-corrected chi connectivity index (χ0v) is 26.3. The highest BCUT2D eigenvalue weighted by Crippen LogP contribution is 2.60. The van der Waals surface area contributed by atoms with Gasteiger partial charge in [0.15, 0.2) is 11.5 Å². The van der Waals surface area contributed by atoms with E-state index in [0.717, 1.165) is 30.5 Å².